The minimum atomic E-state index is -3.72. The van der Waals surface area contributed by atoms with Gasteiger partial charge >= 0.3 is 0 Å². The first-order valence-corrected chi connectivity index (χ1v) is 8.81. The molecule has 3 rings (SSSR count). The Kier molecular flexibility index (Phi) is 3.84. The summed E-state index contributed by atoms with van der Waals surface area (Å²) in [4.78, 5) is 20.6. The van der Waals surface area contributed by atoms with E-state index in [9.17, 15) is 13.2 Å². The van der Waals surface area contributed by atoms with Crippen molar-refractivity contribution in [2.45, 2.75) is 19.1 Å². The highest BCUT2D eigenvalue weighted by molar-refractivity contribution is 7.90. The van der Waals surface area contributed by atoms with E-state index >= 15 is 0 Å². The molecule has 0 saturated heterocycles. The molecule has 0 aliphatic heterocycles. The predicted molar refractivity (Wildman–Crippen MR) is 91.3 cm³/mol. The number of carbonyl (C=O) groups excluding carboxylic acids is 1. The molecule has 8 heteroatoms. The van der Waals surface area contributed by atoms with Gasteiger partial charge in [-0.25, -0.2) is 17.4 Å². The molecule has 0 radical (unpaired) electrons. The fraction of sp³-hybridized carbons (Fsp3) is 0.188. The first-order valence-electron chi connectivity index (χ1n) is 7.30. The van der Waals surface area contributed by atoms with Gasteiger partial charge in [0, 0.05) is 17.3 Å². The third-order valence-corrected chi connectivity index (χ3v) is 5.73. The van der Waals surface area contributed by atoms with Crippen molar-refractivity contribution in [1.29, 1.82) is 0 Å². The summed E-state index contributed by atoms with van der Waals surface area (Å²) in [6, 6.07) is 10.1. The summed E-state index contributed by atoms with van der Waals surface area (Å²) < 4.78 is 26.0. The lowest BCUT2D eigenvalue weighted by Gasteiger charge is -2.11. The van der Waals surface area contributed by atoms with Gasteiger partial charge < -0.3 is 5.73 Å². The molecule has 2 heterocycles. The summed E-state index contributed by atoms with van der Waals surface area (Å²) in [5.74, 6) is -0.422. The maximum Gasteiger partial charge on any atom is 0.244 e. The molecular weight excluding hydrogens is 328 g/mol. The zero-order valence-corrected chi connectivity index (χ0v) is 14.0. The Balaban J connectivity index is 2.20. The fourth-order valence-corrected chi connectivity index (χ4v) is 3.45. The Hall–Kier alpha value is -2.74. The van der Waals surface area contributed by atoms with Gasteiger partial charge in [0.2, 0.25) is 16.0 Å². The SMILES string of the molecule is CC(C)S(=O)(=O)n1c(N)nc2ncc(C(=O)c3ccccc3)cc21. The maximum atomic E-state index is 12.5. The molecule has 0 aliphatic carbocycles. The van der Waals surface area contributed by atoms with E-state index in [-0.39, 0.29) is 28.5 Å². The van der Waals surface area contributed by atoms with Gasteiger partial charge in [0.25, 0.3) is 0 Å². The zero-order valence-electron chi connectivity index (χ0n) is 13.2. The molecule has 0 spiro atoms. The summed E-state index contributed by atoms with van der Waals surface area (Å²) in [6.07, 6.45) is 1.37. The largest absolute Gasteiger partial charge is 0.368 e. The first kappa shape index (κ1) is 16.1. The second-order valence-corrected chi connectivity index (χ2v) is 7.93. The number of fused-ring (bicyclic) bond motifs is 1. The van der Waals surface area contributed by atoms with Crippen molar-refractivity contribution < 1.29 is 13.2 Å². The molecule has 0 bridgehead atoms. The highest BCUT2D eigenvalue weighted by Crippen LogP contribution is 2.23. The number of benzene rings is 1. The Morgan fingerprint density at radius 1 is 1.17 bits per heavy atom. The van der Waals surface area contributed by atoms with E-state index in [1.165, 1.54) is 12.3 Å². The van der Waals surface area contributed by atoms with E-state index in [0.717, 1.165) is 3.97 Å². The standard InChI is InChI=1S/C16H16N4O3S/c1-10(2)24(22,23)20-13-8-12(9-18-15(13)19-16(20)17)14(21)11-6-4-3-5-7-11/h3-10H,1-2H3,(H2,17,18,19). The van der Waals surface area contributed by atoms with E-state index in [1.54, 1.807) is 38.1 Å². The van der Waals surface area contributed by atoms with Gasteiger partial charge in [-0.15, -0.1) is 0 Å². The zero-order chi connectivity index (χ0) is 17.5. The van der Waals surface area contributed by atoms with Gasteiger partial charge in [-0.3, -0.25) is 4.79 Å². The number of nitrogen functional groups attached to an aromatic ring is 1. The number of hydrogen-bond acceptors (Lipinski definition) is 6. The lowest BCUT2D eigenvalue weighted by molar-refractivity contribution is 0.103. The van der Waals surface area contributed by atoms with Crippen LogP contribution in [0, 0.1) is 0 Å². The van der Waals surface area contributed by atoms with Crippen molar-refractivity contribution in [1.82, 2.24) is 13.9 Å². The Bertz CT molecular complexity index is 1020. The summed E-state index contributed by atoms with van der Waals surface area (Å²) in [7, 11) is -3.72. The van der Waals surface area contributed by atoms with Crippen LogP contribution in [0.4, 0.5) is 5.95 Å². The van der Waals surface area contributed by atoms with Gasteiger partial charge in [-0.05, 0) is 19.9 Å². The van der Waals surface area contributed by atoms with Crippen LogP contribution in [0.15, 0.2) is 42.6 Å². The number of imidazole rings is 1. The Morgan fingerprint density at radius 3 is 2.46 bits per heavy atom. The van der Waals surface area contributed by atoms with Gasteiger partial charge in [0.1, 0.15) is 5.52 Å². The molecule has 0 aliphatic rings. The number of ketones is 1. The molecule has 124 valence electrons. The summed E-state index contributed by atoms with van der Waals surface area (Å²) in [5.41, 5.74) is 6.90. The maximum absolute atomic E-state index is 12.5. The average molecular weight is 344 g/mol. The third kappa shape index (κ3) is 2.54. The van der Waals surface area contributed by atoms with Gasteiger partial charge in [-0.2, -0.15) is 4.98 Å². The van der Waals surface area contributed by atoms with Crippen LogP contribution in [0.5, 0.6) is 0 Å². The Labute approximate surface area is 139 Å². The molecule has 2 N–H and O–H groups in total. The second kappa shape index (κ2) is 5.72. The number of nitrogens with zero attached hydrogens (tertiary/aromatic N) is 3. The van der Waals surface area contributed by atoms with E-state index in [1.807, 2.05) is 6.07 Å². The number of rotatable bonds is 4. The van der Waals surface area contributed by atoms with Crippen LogP contribution in [0.25, 0.3) is 11.2 Å². The van der Waals surface area contributed by atoms with Crippen LogP contribution in [0.1, 0.15) is 29.8 Å². The smallest absolute Gasteiger partial charge is 0.244 e. The van der Waals surface area contributed by atoms with Crippen molar-refractivity contribution in [2.75, 3.05) is 5.73 Å². The number of aromatic nitrogens is 3. The van der Waals surface area contributed by atoms with Crippen LogP contribution in [-0.4, -0.2) is 33.4 Å². The molecule has 0 unspecified atom stereocenters. The summed E-state index contributed by atoms with van der Waals surface area (Å²) in [5, 5.41) is -0.689. The quantitative estimate of drug-likeness (QED) is 0.723. The molecule has 0 saturated carbocycles. The van der Waals surface area contributed by atoms with Gasteiger partial charge in [-0.1, -0.05) is 30.3 Å². The molecule has 24 heavy (non-hydrogen) atoms. The second-order valence-electron chi connectivity index (χ2n) is 5.59. The number of hydrogen-bond donors (Lipinski definition) is 1. The van der Waals surface area contributed by atoms with Crippen molar-refractivity contribution >= 4 is 32.9 Å². The van der Waals surface area contributed by atoms with Crippen molar-refractivity contribution in [3.63, 3.8) is 0 Å². The molecule has 2 aromatic heterocycles. The monoisotopic (exact) mass is 344 g/mol. The molecular formula is C16H16N4O3S. The number of anilines is 1. The predicted octanol–water partition coefficient (Wildman–Crippen LogP) is 1.83. The van der Waals surface area contributed by atoms with Crippen molar-refractivity contribution in [2.24, 2.45) is 0 Å². The highest BCUT2D eigenvalue weighted by atomic mass is 32.2. The molecule has 0 atom stereocenters. The van der Waals surface area contributed by atoms with Crippen LogP contribution < -0.4 is 5.73 Å². The van der Waals surface area contributed by atoms with E-state index in [4.69, 9.17) is 5.73 Å². The topological polar surface area (TPSA) is 108 Å². The minimum Gasteiger partial charge on any atom is -0.368 e. The third-order valence-electron chi connectivity index (χ3n) is 3.64. The molecule has 0 amide bonds. The van der Waals surface area contributed by atoms with Crippen LogP contribution in [0.2, 0.25) is 0 Å². The minimum absolute atomic E-state index is 0.171. The van der Waals surface area contributed by atoms with Gasteiger partial charge in [0.15, 0.2) is 11.4 Å². The molecule has 1 aromatic carbocycles. The number of carbonyl (C=O) groups is 1. The van der Waals surface area contributed by atoms with Crippen molar-refractivity contribution in [3.8, 4) is 0 Å². The fourth-order valence-electron chi connectivity index (χ4n) is 2.32. The lowest BCUT2D eigenvalue weighted by Crippen LogP contribution is -2.23. The summed E-state index contributed by atoms with van der Waals surface area (Å²) >= 11 is 0. The number of pyridine rings is 1. The lowest BCUT2D eigenvalue weighted by atomic mass is 10.1. The van der Waals surface area contributed by atoms with Crippen molar-refractivity contribution in [3.05, 3.63) is 53.7 Å². The summed E-state index contributed by atoms with van der Waals surface area (Å²) in [6.45, 7) is 3.10. The van der Waals surface area contributed by atoms with E-state index in [0.29, 0.717) is 5.56 Å². The van der Waals surface area contributed by atoms with E-state index in [2.05, 4.69) is 9.97 Å². The normalized spacial score (nSPS) is 12.0. The van der Waals surface area contributed by atoms with E-state index < -0.39 is 15.3 Å². The highest BCUT2D eigenvalue weighted by Gasteiger charge is 2.25. The Morgan fingerprint density at radius 2 is 1.83 bits per heavy atom. The van der Waals surface area contributed by atoms with Gasteiger partial charge in [0.05, 0.1) is 5.25 Å². The molecule has 7 nitrogen and oxygen atoms in total. The number of nitrogens with two attached hydrogens (primary N) is 1. The van der Waals surface area contributed by atoms with Crippen LogP contribution in [-0.2, 0) is 10.0 Å². The molecule has 3 aromatic rings. The van der Waals surface area contributed by atoms with Crippen LogP contribution in [0.3, 0.4) is 0 Å². The first-order chi connectivity index (χ1) is 11.3. The average Bonchev–Trinajstić information content (AvgIpc) is 2.90. The van der Waals surface area contributed by atoms with Crippen LogP contribution >= 0.6 is 0 Å². The molecule has 0 fully saturated rings.